The Labute approximate surface area is 189 Å². The van der Waals surface area contributed by atoms with E-state index in [4.69, 9.17) is 4.74 Å². The molecule has 2 aliphatic rings. The molecule has 2 aromatic rings. The van der Waals surface area contributed by atoms with Crippen molar-refractivity contribution in [2.45, 2.75) is 38.0 Å². The number of nitrogens with zero attached hydrogens (tertiary/aromatic N) is 2. The number of carbonyl (C=O) groups excluding carboxylic acids is 1. The number of amides is 1. The Kier molecular flexibility index (Phi) is 6.27. The van der Waals surface area contributed by atoms with Crippen molar-refractivity contribution in [2.24, 2.45) is 11.8 Å². The van der Waals surface area contributed by atoms with Crippen molar-refractivity contribution in [1.82, 2.24) is 4.31 Å². The summed E-state index contributed by atoms with van der Waals surface area (Å²) in [6.45, 7) is 5.41. The van der Waals surface area contributed by atoms with E-state index < -0.39 is 15.8 Å². The monoisotopic (exact) mass is 460 g/mol. The SMILES string of the molecule is COc1ccc(C(=O)N2CCCc3ccc(F)cc32)cc1S(=O)(=O)N1CC(C)CC(C)C1. The number of hydrogen-bond donors (Lipinski definition) is 0. The lowest BCUT2D eigenvalue weighted by Crippen LogP contribution is -2.42. The normalized spacial score (nSPS) is 21.8. The molecule has 6 nitrogen and oxygen atoms in total. The second kappa shape index (κ2) is 8.83. The highest BCUT2D eigenvalue weighted by molar-refractivity contribution is 7.89. The summed E-state index contributed by atoms with van der Waals surface area (Å²) in [4.78, 5) is 14.9. The van der Waals surface area contributed by atoms with Gasteiger partial charge < -0.3 is 9.64 Å². The van der Waals surface area contributed by atoms with Crippen LogP contribution in [-0.4, -0.2) is 45.4 Å². The quantitative estimate of drug-likeness (QED) is 0.689. The first-order chi connectivity index (χ1) is 15.2. The van der Waals surface area contributed by atoms with Gasteiger partial charge in [-0.2, -0.15) is 4.31 Å². The number of halogens is 1. The van der Waals surface area contributed by atoms with Gasteiger partial charge in [-0.15, -0.1) is 0 Å². The van der Waals surface area contributed by atoms with E-state index in [1.165, 1.54) is 40.6 Å². The average molecular weight is 461 g/mol. The van der Waals surface area contributed by atoms with Gasteiger partial charge in [0.25, 0.3) is 5.91 Å². The number of rotatable bonds is 4. The molecule has 32 heavy (non-hydrogen) atoms. The maximum atomic E-state index is 13.9. The van der Waals surface area contributed by atoms with E-state index >= 15 is 0 Å². The molecule has 0 aromatic heterocycles. The third kappa shape index (κ3) is 4.26. The van der Waals surface area contributed by atoms with Crippen LogP contribution in [0.25, 0.3) is 0 Å². The van der Waals surface area contributed by atoms with Crippen LogP contribution in [0.3, 0.4) is 0 Å². The molecule has 0 aliphatic carbocycles. The molecular formula is C24H29FN2O4S. The van der Waals surface area contributed by atoms with Crippen molar-refractivity contribution in [1.29, 1.82) is 0 Å². The number of benzene rings is 2. The van der Waals surface area contributed by atoms with E-state index in [9.17, 15) is 17.6 Å². The lowest BCUT2D eigenvalue weighted by Gasteiger charge is -2.34. The maximum Gasteiger partial charge on any atom is 0.258 e. The molecule has 0 spiro atoms. The number of methoxy groups -OCH3 is 1. The first-order valence-electron chi connectivity index (χ1n) is 11.0. The number of sulfonamides is 1. The Morgan fingerprint density at radius 3 is 2.50 bits per heavy atom. The number of fused-ring (bicyclic) bond motifs is 1. The fraction of sp³-hybridized carbons (Fsp3) is 0.458. The molecule has 0 radical (unpaired) electrons. The number of carbonyl (C=O) groups is 1. The van der Waals surface area contributed by atoms with E-state index in [1.54, 1.807) is 12.1 Å². The van der Waals surface area contributed by atoms with Crippen molar-refractivity contribution in [2.75, 3.05) is 31.6 Å². The fourth-order valence-electron chi connectivity index (χ4n) is 4.87. The van der Waals surface area contributed by atoms with Gasteiger partial charge in [-0.1, -0.05) is 19.9 Å². The van der Waals surface area contributed by atoms with Gasteiger partial charge in [0, 0.05) is 25.2 Å². The Morgan fingerprint density at radius 1 is 1.09 bits per heavy atom. The summed E-state index contributed by atoms with van der Waals surface area (Å²) in [5.41, 5.74) is 1.68. The first kappa shape index (κ1) is 22.7. The Hall–Kier alpha value is -2.45. The first-order valence-corrected chi connectivity index (χ1v) is 12.4. The molecule has 0 bridgehead atoms. The molecule has 8 heteroatoms. The third-order valence-corrected chi connectivity index (χ3v) is 8.13. The number of anilines is 1. The zero-order chi connectivity index (χ0) is 23.0. The molecule has 172 valence electrons. The lowest BCUT2D eigenvalue weighted by molar-refractivity contribution is 0.0985. The molecule has 1 saturated heterocycles. The van der Waals surface area contributed by atoms with E-state index in [0.717, 1.165) is 24.8 Å². The molecule has 2 aromatic carbocycles. The fourth-order valence-corrected chi connectivity index (χ4v) is 6.73. The van der Waals surface area contributed by atoms with Crippen molar-refractivity contribution < 1.29 is 22.3 Å². The van der Waals surface area contributed by atoms with Crippen molar-refractivity contribution in [3.05, 3.63) is 53.3 Å². The van der Waals surface area contributed by atoms with Gasteiger partial charge in [-0.3, -0.25) is 4.79 Å². The molecule has 2 atom stereocenters. The van der Waals surface area contributed by atoms with Crippen LogP contribution in [0.4, 0.5) is 10.1 Å². The number of piperidine rings is 1. The topological polar surface area (TPSA) is 66.9 Å². The summed E-state index contributed by atoms with van der Waals surface area (Å²) < 4.78 is 47.8. The molecule has 1 amide bonds. The highest BCUT2D eigenvalue weighted by Gasteiger charge is 2.34. The molecular weight excluding hydrogens is 431 g/mol. The second-order valence-corrected chi connectivity index (χ2v) is 10.9. The molecule has 2 aliphatic heterocycles. The Bertz CT molecular complexity index is 1120. The molecule has 0 saturated carbocycles. The molecule has 2 unspecified atom stereocenters. The predicted molar refractivity (Wildman–Crippen MR) is 121 cm³/mol. The van der Waals surface area contributed by atoms with Crippen LogP contribution in [0.2, 0.25) is 0 Å². The van der Waals surface area contributed by atoms with Gasteiger partial charge in [0.1, 0.15) is 16.5 Å². The number of hydrogen-bond acceptors (Lipinski definition) is 4. The van der Waals surface area contributed by atoms with Gasteiger partial charge in [0.2, 0.25) is 10.0 Å². The van der Waals surface area contributed by atoms with Gasteiger partial charge in [-0.25, -0.2) is 12.8 Å². The summed E-state index contributed by atoms with van der Waals surface area (Å²) >= 11 is 0. The molecule has 4 rings (SSSR count). The lowest BCUT2D eigenvalue weighted by atomic mass is 9.94. The molecule has 1 fully saturated rings. The van der Waals surface area contributed by atoms with Crippen molar-refractivity contribution in [3.8, 4) is 5.75 Å². The average Bonchev–Trinajstić information content (AvgIpc) is 2.77. The standard InChI is InChI=1S/C24H29FN2O4S/c1-16-11-17(2)15-26(14-16)32(29,30)23-12-19(7-9-22(23)31-3)24(28)27-10-4-5-18-6-8-20(25)13-21(18)27/h6-9,12-13,16-17H,4-5,10-11,14-15H2,1-3H3. The smallest absolute Gasteiger partial charge is 0.258 e. The van der Waals surface area contributed by atoms with Crippen molar-refractivity contribution >= 4 is 21.6 Å². The van der Waals surface area contributed by atoms with Gasteiger partial charge >= 0.3 is 0 Å². The van der Waals surface area contributed by atoms with Crippen LogP contribution in [0, 0.1) is 17.7 Å². The van der Waals surface area contributed by atoms with E-state index in [0.29, 0.717) is 25.3 Å². The van der Waals surface area contributed by atoms with Gasteiger partial charge in [0.15, 0.2) is 0 Å². The van der Waals surface area contributed by atoms with Gasteiger partial charge in [-0.05, 0) is 67.0 Å². The summed E-state index contributed by atoms with van der Waals surface area (Å²) in [6.07, 6.45) is 2.51. The minimum atomic E-state index is -3.85. The van der Waals surface area contributed by atoms with E-state index in [2.05, 4.69) is 0 Å². The molecule has 2 heterocycles. The minimum Gasteiger partial charge on any atom is -0.495 e. The largest absolute Gasteiger partial charge is 0.495 e. The number of aryl methyl sites for hydroxylation is 1. The second-order valence-electron chi connectivity index (χ2n) is 8.97. The highest BCUT2D eigenvalue weighted by Crippen LogP contribution is 2.34. The van der Waals surface area contributed by atoms with E-state index in [1.807, 2.05) is 13.8 Å². The van der Waals surface area contributed by atoms with Crippen LogP contribution < -0.4 is 9.64 Å². The van der Waals surface area contributed by atoms with Crippen molar-refractivity contribution in [3.63, 3.8) is 0 Å². The van der Waals surface area contributed by atoms with Crippen LogP contribution in [0.5, 0.6) is 5.75 Å². The van der Waals surface area contributed by atoms with Crippen LogP contribution in [-0.2, 0) is 16.4 Å². The Morgan fingerprint density at radius 2 is 1.81 bits per heavy atom. The summed E-state index contributed by atoms with van der Waals surface area (Å²) in [7, 11) is -2.43. The zero-order valence-corrected chi connectivity index (χ0v) is 19.5. The maximum absolute atomic E-state index is 13.9. The minimum absolute atomic E-state index is 0.0105. The summed E-state index contributed by atoms with van der Waals surface area (Å²) in [5.74, 6) is -0.0449. The van der Waals surface area contributed by atoms with Gasteiger partial charge in [0.05, 0.1) is 12.8 Å². The number of ether oxygens (including phenoxy) is 1. The van der Waals surface area contributed by atoms with E-state index in [-0.39, 0.29) is 34.0 Å². The van der Waals surface area contributed by atoms with Crippen LogP contribution >= 0.6 is 0 Å². The van der Waals surface area contributed by atoms with Crippen LogP contribution in [0.1, 0.15) is 42.6 Å². The molecule has 0 N–H and O–H groups in total. The summed E-state index contributed by atoms with van der Waals surface area (Å²) in [5, 5.41) is 0. The highest BCUT2D eigenvalue weighted by atomic mass is 32.2. The Balaban J connectivity index is 1.72. The predicted octanol–water partition coefficient (Wildman–Crippen LogP) is 4.09. The van der Waals surface area contributed by atoms with Crippen LogP contribution in [0.15, 0.2) is 41.3 Å². The zero-order valence-electron chi connectivity index (χ0n) is 18.7. The summed E-state index contributed by atoms with van der Waals surface area (Å²) in [6, 6.07) is 8.94. The third-order valence-electron chi connectivity index (χ3n) is 6.27.